The van der Waals surface area contributed by atoms with Gasteiger partial charge in [0.1, 0.15) is 10.0 Å². The van der Waals surface area contributed by atoms with Crippen LogP contribution in [0.4, 0.5) is 17.2 Å². The number of anilines is 3. The smallest absolute Gasteiger partial charge is 0.271 e. The maximum absolute atomic E-state index is 12.2. The van der Waals surface area contributed by atoms with E-state index in [0.29, 0.717) is 11.5 Å². The van der Waals surface area contributed by atoms with Gasteiger partial charge in [-0.05, 0) is 47.7 Å². The van der Waals surface area contributed by atoms with Gasteiger partial charge in [0.05, 0.1) is 11.9 Å². The summed E-state index contributed by atoms with van der Waals surface area (Å²) in [6, 6.07) is 14.8. The van der Waals surface area contributed by atoms with Crippen molar-refractivity contribution in [1.82, 2.24) is 4.98 Å². The first-order valence-corrected chi connectivity index (χ1v) is 9.81. The summed E-state index contributed by atoms with van der Waals surface area (Å²) < 4.78 is 27.1. The summed E-state index contributed by atoms with van der Waals surface area (Å²) in [5.74, 6) is 0.651. The number of sulfonamides is 1. The van der Waals surface area contributed by atoms with Crippen molar-refractivity contribution in [3.8, 4) is 0 Å². The summed E-state index contributed by atoms with van der Waals surface area (Å²) >= 11 is 1.17. The van der Waals surface area contributed by atoms with Crippen LogP contribution in [0.1, 0.15) is 12.5 Å². The third kappa shape index (κ3) is 3.93. The van der Waals surface area contributed by atoms with Crippen molar-refractivity contribution in [3.05, 3.63) is 65.7 Å². The van der Waals surface area contributed by atoms with Crippen molar-refractivity contribution in [3.63, 3.8) is 0 Å². The highest BCUT2D eigenvalue weighted by molar-refractivity contribution is 7.94. The minimum absolute atomic E-state index is 0.278. The van der Waals surface area contributed by atoms with Gasteiger partial charge < -0.3 is 5.32 Å². The lowest BCUT2D eigenvalue weighted by Gasteiger charge is -2.09. The van der Waals surface area contributed by atoms with Crippen LogP contribution in [0.15, 0.2) is 64.3 Å². The van der Waals surface area contributed by atoms with Crippen LogP contribution < -0.4 is 10.0 Å². The monoisotopic (exact) mass is 359 g/mol. The Bertz CT molecular complexity index is 888. The van der Waals surface area contributed by atoms with Crippen molar-refractivity contribution >= 4 is 38.6 Å². The molecule has 0 aliphatic carbocycles. The maximum atomic E-state index is 12.2. The number of pyridine rings is 1. The molecule has 0 saturated heterocycles. The van der Waals surface area contributed by atoms with E-state index in [1.165, 1.54) is 23.1 Å². The van der Waals surface area contributed by atoms with Crippen LogP contribution in [-0.4, -0.2) is 13.4 Å². The second-order valence-corrected chi connectivity index (χ2v) is 8.00. The number of thiophene rings is 1. The highest BCUT2D eigenvalue weighted by Crippen LogP contribution is 2.21. The molecule has 7 heteroatoms. The summed E-state index contributed by atoms with van der Waals surface area (Å²) in [5, 5.41) is 4.91. The fourth-order valence-corrected chi connectivity index (χ4v) is 4.16. The van der Waals surface area contributed by atoms with Gasteiger partial charge in [-0.3, -0.25) is 4.72 Å². The molecular weight excluding hydrogens is 342 g/mol. The van der Waals surface area contributed by atoms with Crippen LogP contribution >= 0.6 is 11.3 Å². The van der Waals surface area contributed by atoms with Gasteiger partial charge >= 0.3 is 0 Å². The van der Waals surface area contributed by atoms with Gasteiger partial charge in [0.2, 0.25) is 0 Å². The van der Waals surface area contributed by atoms with Gasteiger partial charge in [0.25, 0.3) is 10.0 Å². The van der Waals surface area contributed by atoms with Crippen molar-refractivity contribution in [2.45, 2.75) is 17.6 Å². The van der Waals surface area contributed by atoms with E-state index in [9.17, 15) is 8.42 Å². The first-order chi connectivity index (χ1) is 11.6. The predicted octanol–water partition coefficient (Wildman–Crippen LogP) is 4.25. The zero-order valence-corrected chi connectivity index (χ0v) is 14.7. The molecule has 0 atom stereocenters. The highest BCUT2D eigenvalue weighted by Gasteiger charge is 2.15. The van der Waals surface area contributed by atoms with Crippen LogP contribution in [0, 0.1) is 0 Å². The maximum Gasteiger partial charge on any atom is 0.271 e. The molecule has 0 bridgehead atoms. The number of benzene rings is 1. The van der Waals surface area contributed by atoms with Crippen molar-refractivity contribution in [2.24, 2.45) is 0 Å². The SMILES string of the molecule is CCc1ccc(Nc2ccc(NS(=O)(=O)c3cccs3)cn2)cc1. The molecule has 3 aromatic rings. The van der Waals surface area contributed by atoms with E-state index < -0.39 is 10.0 Å². The minimum Gasteiger partial charge on any atom is -0.340 e. The molecule has 0 radical (unpaired) electrons. The van der Waals surface area contributed by atoms with Crippen molar-refractivity contribution in [2.75, 3.05) is 10.0 Å². The second-order valence-electron chi connectivity index (χ2n) is 5.15. The fourth-order valence-electron chi connectivity index (χ4n) is 2.12. The topological polar surface area (TPSA) is 71.1 Å². The molecule has 0 unspecified atom stereocenters. The molecule has 24 heavy (non-hydrogen) atoms. The van der Waals surface area contributed by atoms with E-state index in [-0.39, 0.29) is 4.21 Å². The molecular formula is C17H17N3O2S2. The molecule has 124 valence electrons. The number of aromatic nitrogens is 1. The van der Waals surface area contributed by atoms with Crippen molar-refractivity contribution in [1.29, 1.82) is 0 Å². The van der Waals surface area contributed by atoms with Crippen LogP contribution in [0.2, 0.25) is 0 Å². The minimum atomic E-state index is -3.54. The van der Waals surface area contributed by atoms with Gasteiger partial charge in [-0.15, -0.1) is 11.3 Å². The predicted molar refractivity (Wildman–Crippen MR) is 98.5 cm³/mol. The molecule has 0 aliphatic heterocycles. The second kappa shape index (κ2) is 7.02. The number of aryl methyl sites for hydroxylation is 1. The van der Waals surface area contributed by atoms with Crippen LogP contribution in [0.3, 0.4) is 0 Å². The normalized spacial score (nSPS) is 11.2. The Labute approximate surface area is 145 Å². The molecule has 0 saturated carbocycles. The standard InChI is InChI=1S/C17H17N3O2S2/c1-2-13-5-7-14(8-6-13)19-16-10-9-15(12-18-16)20-24(21,22)17-4-3-11-23-17/h3-12,20H,2H2,1H3,(H,18,19). The first-order valence-electron chi connectivity index (χ1n) is 7.45. The van der Waals surface area contributed by atoms with Gasteiger partial charge in [-0.1, -0.05) is 25.1 Å². The summed E-state index contributed by atoms with van der Waals surface area (Å²) in [4.78, 5) is 4.25. The zero-order valence-electron chi connectivity index (χ0n) is 13.1. The fraction of sp³-hybridized carbons (Fsp3) is 0.118. The molecule has 3 rings (SSSR count). The average Bonchev–Trinajstić information content (AvgIpc) is 3.13. The lowest BCUT2D eigenvalue weighted by atomic mass is 10.1. The first kappa shape index (κ1) is 16.5. The van der Waals surface area contributed by atoms with E-state index in [4.69, 9.17) is 0 Å². The molecule has 5 nitrogen and oxygen atoms in total. The number of hydrogen-bond donors (Lipinski definition) is 2. The van der Waals surface area contributed by atoms with Gasteiger partial charge in [-0.25, -0.2) is 13.4 Å². The van der Waals surface area contributed by atoms with Crippen molar-refractivity contribution < 1.29 is 8.42 Å². The number of nitrogens with zero attached hydrogens (tertiary/aromatic N) is 1. The lowest BCUT2D eigenvalue weighted by Crippen LogP contribution is -2.11. The summed E-state index contributed by atoms with van der Waals surface area (Å²) in [6.45, 7) is 2.11. The van der Waals surface area contributed by atoms with Crippen LogP contribution in [0.25, 0.3) is 0 Å². The van der Waals surface area contributed by atoms with E-state index in [0.717, 1.165) is 12.1 Å². The third-order valence-corrected chi connectivity index (χ3v) is 6.19. The van der Waals surface area contributed by atoms with Gasteiger partial charge in [0, 0.05) is 5.69 Å². The van der Waals surface area contributed by atoms with Crippen LogP contribution in [0.5, 0.6) is 0 Å². The molecule has 1 aromatic carbocycles. The molecule has 0 fully saturated rings. The average molecular weight is 359 g/mol. The van der Waals surface area contributed by atoms with Gasteiger partial charge in [-0.2, -0.15) is 0 Å². The Balaban J connectivity index is 1.69. The number of nitrogens with one attached hydrogen (secondary N) is 2. The molecule has 0 spiro atoms. The summed E-state index contributed by atoms with van der Waals surface area (Å²) in [6.07, 6.45) is 2.49. The molecule has 0 aliphatic rings. The molecule has 2 heterocycles. The Morgan fingerprint density at radius 1 is 1.04 bits per heavy atom. The Morgan fingerprint density at radius 2 is 1.79 bits per heavy atom. The van der Waals surface area contributed by atoms with E-state index in [1.807, 2.05) is 12.1 Å². The van der Waals surface area contributed by atoms with E-state index >= 15 is 0 Å². The Kier molecular flexibility index (Phi) is 4.82. The third-order valence-electron chi connectivity index (χ3n) is 3.41. The quantitative estimate of drug-likeness (QED) is 0.690. The Morgan fingerprint density at radius 3 is 2.38 bits per heavy atom. The number of rotatable bonds is 6. The molecule has 2 aromatic heterocycles. The van der Waals surface area contributed by atoms with E-state index in [2.05, 4.69) is 34.1 Å². The zero-order chi connectivity index (χ0) is 17.0. The number of hydrogen-bond acceptors (Lipinski definition) is 5. The molecule has 2 N–H and O–H groups in total. The summed E-state index contributed by atoms with van der Waals surface area (Å²) in [5.41, 5.74) is 2.63. The highest BCUT2D eigenvalue weighted by atomic mass is 32.2. The largest absolute Gasteiger partial charge is 0.340 e. The Hall–Kier alpha value is -2.38. The lowest BCUT2D eigenvalue weighted by molar-refractivity contribution is 0.603. The van der Waals surface area contributed by atoms with E-state index in [1.54, 1.807) is 29.6 Å². The molecule has 0 amide bonds. The van der Waals surface area contributed by atoms with Gasteiger partial charge in [0.15, 0.2) is 0 Å². The summed E-state index contributed by atoms with van der Waals surface area (Å²) in [7, 11) is -3.54. The van der Waals surface area contributed by atoms with Crippen LogP contribution in [-0.2, 0) is 16.4 Å².